The molecular formula is C6H7NO. The van der Waals surface area contributed by atoms with Gasteiger partial charge in [0.1, 0.15) is 6.61 Å². The molecule has 0 heterocycles. The average Bonchev–Trinajstić information content (AvgIpc) is 1.81. The second kappa shape index (κ2) is 6.04. The normalized spacial score (nSPS) is 7.25. The van der Waals surface area contributed by atoms with Crippen LogP contribution in [0.3, 0.4) is 0 Å². The Balaban J connectivity index is 2.77. The molecule has 0 rings (SSSR count). The highest BCUT2D eigenvalue weighted by molar-refractivity contribution is 4.86. The summed E-state index contributed by atoms with van der Waals surface area (Å²) in [5.41, 5.74) is 2.46. The van der Waals surface area contributed by atoms with E-state index in [1.165, 1.54) is 0 Å². The fraction of sp³-hybridized carbons (Fsp3) is 0.333. The van der Waals surface area contributed by atoms with Gasteiger partial charge in [0.25, 0.3) is 0 Å². The van der Waals surface area contributed by atoms with E-state index in [2.05, 4.69) is 22.2 Å². The molecule has 42 valence electrons. The minimum Gasteiger partial charge on any atom is -0.288 e. The molecule has 0 aromatic rings. The fourth-order valence-electron chi connectivity index (χ4n) is 0.185. The number of rotatable bonds is 3. The lowest BCUT2D eigenvalue weighted by Gasteiger charge is -1.93. The summed E-state index contributed by atoms with van der Waals surface area (Å²) in [6, 6.07) is 0. The topological polar surface area (TPSA) is 21.3 Å². The lowest BCUT2D eigenvalue weighted by atomic mass is 10.7. The molecule has 0 radical (unpaired) electrons. The van der Waals surface area contributed by atoms with Crippen LogP contribution >= 0.6 is 0 Å². The second-order valence-corrected chi connectivity index (χ2v) is 1.02. The van der Waals surface area contributed by atoms with E-state index in [0.717, 1.165) is 0 Å². The van der Waals surface area contributed by atoms with Gasteiger partial charge in [-0.3, -0.25) is 4.84 Å². The van der Waals surface area contributed by atoms with Gasteiger partial charge in [0.05, 0.1) is 6.54 Å². The second-order valence-electron chi connectivity index (χ2n) is 1.02. The van der Waals surface area contributed by atoms with E-state index in [-0.39, 0.29) is 6.61 Å². The number of hydrogen-bond donors (Lipinski definition) is 1. The van der Waals surface area contributed by atoms with Crippen molar-refractivity contribution in [1.29, 1.82) is 0 Å². The molecule has 0 bridgehead atoms. The SMILES string of the molecule is C#CCNOCC#C. The largest absolute Gasteiger partial charge is 0.288 e. The summed E-state index contributed by atoms with van der Waals surface area (Å²) in [4.78, 5) is 4.59. The van der Waals surface area contributed by atoms with Crippen molar-refractivity contribution in [3.63, 3.8) is 0 Å². The van der Waals surface area contributed by atoms with E-state index < -0.39 is 0 Å². The molecule has 8 heavy (non-hydrogen) atoms. The Kier molecular flexibility index (Phi) is 5.32. The Bertz CT molecular complexity index is 101. The Morgan fingerprint density at radius 1 is 1.38 bits per heavy atom. The molecule has 0 aromatic heterocycles. The van der Waals surface area contributed by atoms with E-state index in [4.69, 9.17) is 12.8 Å². The summed E-state index contributed by atoms with van der Waals surface area (Å²) in [6.07, 6.45) is 9.71. The van der Waals surface area contributed by atoms with E-state index in [1.807, 2.05) is 0 Å². The summed E-state index contributed by atoms with van der Waals surface area (Å²) in [5, 5.41) is 0. The Labute approximate surface area is 49.2 Å². The first-order chi connectivity index (χ1) is 3.91. The van der Waals surface area contributed by atoms with Gasteiger partial charge >= 0.3 is 0 Å². The minimum atomic E-state index is 0.252. The summed E-state index contributed by atoms with van der Waals surface area (Å²) in [5.74, 6) is 4.60. The number of nitrogens with one attached hydrogen (secondary N) is 1. The van der Waals surface area contributed by atoms with Crippen molar-refractivity contribution < 1.29 is 4.84 Å². The van der Waals surface area contributed by atoms with Gasteiger partial charge in [-0.15, -0.1) is 12.8 Å². The highest BCUT2D eigenvalue weighted by Crippen LogP contribution is 1.60. The summed E-state index contributed by atoms with van der Waals surface area (Å²) < 4.78 is 0. The zero-order valence-corrected chi connectivity index (χ0v) is 4.48. The number of terminal acetylenes is 2. The standard InChI is InChI=1S/C6H7NO/c1-3-5-7-8-6-4-2/h1-2,7H,5-6H2. The van der Waals surface area contributed by atoms with Crippen LogP contribution in [0.4, 0.5) is 0 Å². The maximum Gasteiger partial charge on any atom is 0.128 e. The Morgan fingerprint density at radius 3 is 2.62 bits per heavy atom. The molecule has 2 heteroatoms. The van der Waals surface area contributed by atoms with Crippen molar-refractivity contribution >= 4 is 0 Å². The van der Waals surface area contributed by atoms with Crippen molar-refractivity contribution in [3.05, 3.63) is 0 Å². The monoisotopic (exact) mass is 109 g/mol. The third kappa shape index (κ3) is 5.04. The van der Waals surface area contributed by atoms with Crippen LogP contribution < -0.4 is 5.48 Å². The van der Waals surface area contributed by atoms with E-state index >= 15 is 0 Å². The molecule has 0 atom stereocenters. The molecule has 0 spiro atoms. The number of hydroxylamine groups is 1. The van der Waals surface area contributed by atoms with Gasteiger partial charge in [-0.2, -0.15) is 5.48 Å². The van der Waals surface area contributed by atoms with Crippen LogP contribution in [0.1, 0.15) is 0 Å². The lowest BCUT2D eigenvalue weighted by molar-refractivity contribution is 0.0761. The molecule has 0 saturated heterocycles. The van der Waals surface area contributed by atoms with Crippen molar-refractivity contribution in [2.75, 3.05) is 13.2 Å². The molecule has 0 aromatic carbocycles. The summed E-state index contributed by atoms with van der Waals surface area (Å²) in [6.45, 7) is 0.642. The van der Waals surface area contributed by atoms with Crippen LogP contribution in [-0.4, -0.2) is 13.2 Å². The van der Waals surface area contributed by atoms with Gasteiger partial charge in [0.15, 0.2) is 0 Å². The predicted molar refractivity (Wildman–Crippen MR) is 31.6 cm³/mol. The maximum absolute atomic E-state index is 4.87. The van der Waals surface area contributed by atoms with Crippen LogP contribution in [0.5, 0.6) is 0 Å². The summed E-state index contributed by atoms with van der Waals surface area (Å²) >= 11 is 0. The molecule has 0 aliphatic rings. The minimum absolute atomic E-state index is 0.252. The zero-order valence-electron chi connectivity index (χ0n) is 4.48. The van der Waals surface area contributed by atoms with Gasteiger partial charge in [-0.1, -0.05) is 11.8 Å². The van der Waals surface area contributed by atoms with Gasteiger partial charge < -0.3 is 0 Å². The van der Waals surface area contributed by atoms with Crippen molar-refractivity contribution in [2.24, 2.45) is 0 Å². The zero-order chi connectivity index (χ0) is 6.24. The highest BCUT2D eigenvalue weighted by atomic mass is 16.6. The van der Waals surface area contributed by atoms with E-state index in [9.17, 15) is 0 Å². The molecule has 0 fully saturated rings. The molecule has 0 saturated carbocycles. The van der Waals surface area contributed by atoms with Crippen molar-refractivity contribution in [3.8, 4) is 24.7 Å². The lowest BCUT2D eigenvalue weighted by Crippen LogP contribution is -2.14. The molecule has 2 nitrogen and oxygen atoms in total. The molecule has 1 N–H and O–H groups in total. The van der Waals surface area contributed by atoms with Crippen LogP contribution in [0.25, 0.3) is 0 Å². The molecular weight excluding hydrogens is 102 g/mol. The van der Waals surface area contributed by atoms with Gasteiger partial charge in [-0.05, 0) is 0 Å². The Hall–Kier alpha value is -0.960. The first kappa shape index (κ1) is 7.04. The number of hydrogen-bond acceptors (Lipinski definition) is 2. The molecule has 0 unspecified atom stereocenters. The quantitative estimate of drug-likeness (QED) is 0.307. The third-order valence-electron chi connectivity index (χ3n) is 0.432. The van der Waals surface area contributed by atoms with Crippen LogP contribution in [-0.2, 0) is 4.84 Å². The summed E-state index contributed by atoms with van der Waals surface area (Å²) in [7, 11) is 0. The highest BCUT2D eigenvalue weighted by Gasteiger charge is 1.74. The van der Waals surface area contributed by atoms with E-state index in [0.29, 0.717) is 6.54 Å². The molecule has 0 aliphatic carbocycles. The maximum atomic E-state index is 4.87. The van der Waals surface area contributed by atoms with Crippen molar-refractivity contribution in [1.82, 2.24) is 5.48 Å². The van der Waals surface area contributed by atoms with Gasteiger partial charge in [-0.25, -0.2) is 0 Å². The van der Waals surface area contributed by atoms with Crippen molar-refractivity contribution in [2.45, 2.75) is 0 Å². The molecule has 0 aliphatic heterocycles. The third-order valence-corrected chi connectivity index (χ3v) is 0.432. The van der Waals surface area contributed by atoms with Crippen LogP contribution in [0.15, 0.2) is 0 Å². The Morgan fingerprint density at radius 2 is 2.12 bits per heavy atom. The smallest absolute Gasteiger partial charge is 0.128 e. The first-order valence-electron chi connectivity index (χ1n) is 2.13. The first-order valence-corrected chi connectivity index (χ1v) is 2.13. The molecule has 0 amide bonds. The van der Waals surface area contributed by atoms with E-state index in [1.54, 1.807) is 0 Å². The fourth-order valence-corrected chi connectivity index (χ4v) is 0.185. The van der Waals surface area contributed by atoms with Gasteiger partial charge in [0, 0.05) is 0 Å². The van der Waals surface area contributed by atoms with Crippen LogP contribution in [0.2, 0.25) is 0 Å². The van der Waals surface area contributed by atoms with Crippen LogP contribution in [0, 0.1) is 24.7 Å². The predicted octanol–water partition coefficient (Wildman–Crippen LogP) is -0.226. The average molecular weight is 109 g/mol. The van der Waals surface area contributed by atoms with Gasteiger partial charge in [0.2, 0.25) is 0 Å².